The molecule has 0 aromatic heterocycles. The van der Waals surface area contributed by atoms with Crippen molar-refractivity contribution >= 4 is 21.6 Å². The maximum Gasteiger partial charge on any atom is 0.243 e. The van der Waals surface area contributed by atoms with Crippen LogP contribution < -0.4 is 0 Å². The van der Waals surface area contributed by atoms with Gasteiger partial charge in [-0.1, -0.05) is 24.1 Å². The zero-order valence-electron chi connectivity index (χ0n) is 10.1. The molecule has 1 aromatic carbocycles. The normalized spacial score (nSPS) is 16.9. The molecule has 2 rings (SSSR count). The third-order valence-corrected chi connectivity index (χ3v) is 5.72. The molecule has 1 aliphatic rings. The molecule has 1 N–H and O–H groups in total. The maximum absolute atomic E-state index is 12.3. The van der Waals surface area contributed by atoms with Crippen molar-refractivity contribution in [3.63, 3.8) is 0 Å². The summed E-state index contributed by atoms with van der Waals surface area (Å²) in [7, 11) is -1.88. The average molecular weight is 290 g/mol. The van der Waals surface area contributed by atoms with Gasteiger partial charge >= 0.3 is 0 Å². The second-order valence-corrected chi connectivity index (χ2v) is 6.92. The van der Waals surface area contributed by atoms with Crippen LogP contribution in [0.15, 0.2) is 23.1 Å². The van der Waals surface area contributed by atoms with Gasteiger partial charge in [-0.3, -0.25) is 0 Å². The first-order chi connectivity index (χ1) is 8.46. The molecule has 0 bridgehead atoms. The fourth-order valence-corrected chi connectivity index (χ4v) is 3.68. The van der Waals surface area contributed by atoms with E-state index in [0.717, 1.165) is 19.3 Å². The van der Waals surface area contributed by atoms with E-state index in [2.05, 4.69) is 0 Å². The first-order valence-corrected chi connectivity index (χ1v) is 7.66. The van der Waals surface area contributed by atoms with Crippen LogP contribution in [0, 0.1) is 0 Å². The van der Waals surface area contributed by atoms with Gasteiger partial charge in [-0.25, -0.2) is 8.42 Å². The predicted molar refractivity (Wildman–Crippen MR) is 70.0 cm³/mol. The van der Waals surface area contributed by atoms with Gasteiger partial charge in [0.05, 0.1) is 11.5 Å². The second kappa shape index (κ2) is 5.17. The number of sulfonamides is 1. The Labute approximate surface area is 112 Å². The van der Waals surface area contributed by atoms with E-state index >= 15 is 0 Å². The van der Waals surface area contributed by atoms with E-state index in [4.69, 9.17) is 16.7 Å². The van der Waals surface area contributed by atoms with Crippen molar-refractivity contribution in [2.24, 2.45) is 0 Å². The summed E-state index contributed by atoms with van der Waals surface area (Å²) in [4.78, 5) is 0.180. The van der Waals surface area contributed by atoms with Crippen LogP contribution in [0.25, 0.3) is 0 Å². The topological polar surface area (TPSA) is 57.6 Å². The molecule has 1 saturated carbocycles. The molecular weight excluding hydrogens is 274 g/mol. The van der Waals surface area contributed by atoms with Crippen molar-refractivity contribution in [3.8, 4) is 0 Å². The zero-order chi connectivity index (χ0) is 13.3. The smallest absolute Gasteiger partial charge is 0.243 e. The minimum absolute atomic E-state index is 0.103. The highest BCUT2D eigenvalue weighted by Crippen LogP contribution is 2.29. The molecule has 100 valence electrons. The lowest BCUT2D eigenvalue weighted by molar-refractivity contribution is 0.249. The Bertz CT molecular complexity index is 540. The molecule has 0 aliphatic heterocycles. The van der Waals surface area contributed by atoms with Crippen LogP contribution >= 0.6 is 11.6 Å². The Kier molecular flexibility index (Phi) is 3.96. The van der Waals surface area contributed by atoms with Gasteiger partial charge in [0.15, 0.2) is 0 Å². The summed E-state index contributed by atoms with van der Waals surface area (Å²) in [6, 6.07) is 4.54. The third-order valence-electron chi connectivity index (χ3n) is 3.46. The van der Waals surface area contributed by atoms with Crippen molar-refractivity contribution < 1.29 is 13.5 Å². The summed E-state index contributed by atoms with van der Waals surface area (Å²) >= 11 is 5.92. The Balaban J connectivity index is 2.31. The van der Waals surface area contributed by atoms with E-state index in [9.17, 15) is 8.42 Å². The summed E-state index contributed by atoms with van der Waals surface area (Å²) in [5.41, 5.74) is 0.530. The van der Waals surface area contributed by atoms with Gasteiger partial charge in [-0.2, -0.15) is 4.31 Å². The van der Waals surface area contributed by atoms with Crippen LogP contribution in [0.5, 0.6) is 0 Å². The fourth-order valence-electron chi connectivity index (χ4n) is 1.93. The van der Waals surface area contributed by atoms with Crippen LogP contribution in [0.2, 0.25) is 5.02 Å². The minimum atomic E-state index is -3.48. The van der Waals surface area contributed by atoms with Crippen molar-refractivity contribution in [2.45, 2.75) is 36.8 Å². The lowest BCUT2D eigenvalue weighted by Gasteiger charge is -2.33. The van der Waals surface area contributed by atoms with Crippen LogP contribution in [0.3, 0.4) is 0 Å². The number of hydrogen-bond acceptors (Lipinski definition) is 3. The SMILES string of the molecule is CN(C1CCC1)S(=O)(=O)c1ccc(CO)c(Cl)c1. The molecule has 1 fully saturated rings. The molecule has 0 spiro atoms. The van der Waals surface area contributed by atoms with E-state index in [0.29, 0.717) is 5.56 Å². The summed E-state index contributed by atoms with van der Waals surface area (Å²) in [5, 5.41) is 9.29. The van der Waals surface area contributed by atoms with Crippen LogP contribution in [0.4, 0.5) is 0 Å². The lowest BCUT2D eigenvalue weighted by atomic mass is 9.94. The van der Waals surface area contributed by atoms with Gasteiger partial charge in [0.2, 0.25) is 10.0 Å². The van der Waals surface area contributed by atoms with Gasteiger partial charge in [0.1, 0.15) is 0 Å². The monoisotopic (exact) mass is 289 g/mol. The fraction of sp³-hybridized carbons (Fsp3) is 0.500. The van der Waals surface area contributed by atoms with Gasteiger partial charge in [0, 0.05) is 18.1 Å². The molecule has 4 nitrogen and oxygen atoms in total. The second-order valence-electron chi connectivity index (χ2n) is 4.52. The molecule has 1 aliphatic carbocycles. The van der Waals surface area contributed by atoms with Crippen molar-refractivity contribution in [3.05, 3.63) is 28.8 Å². The Morgan fingerprint density at radius 2 is 2.11 bits per heavy atom. The van der Waals surface area contributed by atoms with Crippen LogP contribution in [0.1, 0.15) is 24.8 Å². The molecule has 0 saturated heterocycles. The largest absolute Gasteiger partial charge is 0.392 e. The molecule has 0 amide bonds. The number of nitrogens with zero attached hydrogens (tertiary/aromatic N) is 1. The molecule has 1 aromatic rings. The number of rotatable bonds is 4. The van der Waals surface area contributed by atoms with E-state index in [1.165, 1.54) is 16.4 Å². The van der Waals surface area contributed by atoms with E-state index in [1.807, 2.05) is 0 Å². The van der Waals surface area contributed by atoms with E-state index in [-0.39, 0.29) is 22.6 Å². The molecule has 0 radical (unpaired) electrons. The lowest BCUT2D eigenvalue weighted by Crippen LogP contribution is -2.41. The summed E-state index contributed by atoms with van der Waals surface area (Å²) < 4.78 is 26.1. The predicted octanol–water partition coefficient (Wildman–Crippen LogP) is 2.01. The number of aliphatic hydroxyl groups is 1. The third kappa shape index (κ3) is 2.40. The van der Waals surface area contributed by atoms with E-state index < -0.39 is 10.0 Å². The summed E-state index contributed by atoms with van der Waals surface area (Å²) in [5.74, 6) is 0. The Morgan fingerprint density at radius 3 is 2.56 bits per heavy atom. The standard InChI is InChI=1S/C12H16ClNO3S/c1-14(10-3-2-4-10)18(16,17)11-6-5-9(8-15)12(13)7-11/h5-7,10,15H,2-4,8H2,1H3. The maximum atomic E-state index is 12.3. The number of benzene rings is 1. The van der Waals surface area contributed by atoms with Gasteiger partial charge in [-0.05, 0) is 30.5 Å². The molecule has 6 heteroatoms. The first-order valence-electron chi connectivity index (χ1n) is 5.84. The zero-order valence-corrected chi connectivity index (χ0v) is 11.7. The highest BCUT2D eigenvalue weighted by atomic mass is 35.5. The molecule has 18 heavy (non-hydrogen) atoms. The molecule has 0 unspecified atom stereocenters. The first kappa shape index (κ1) is 13.8. The number of halogens is 1. The van der Waals surface area contributed by atoms with Crippen molar-refractivity contribution in [1.29, 1.82) is 0 Å². The van der Waals surface area contributed by atoms with Crippen molar-refractivity contribution in [1.82, 2.24) is 4.31 Å². The van der Waals surface area contributed by atoms with E-state index in [1.54, 1.807) is 13.1 Å². The summed E-state index contributed by atoms with van der Waals surface area (Å²) in [6.45, 7) is -0.197. The van der Waals surface area contributed by atoms with Crippen LogP contribution in [-0.2, 0) is 16.6 Å². The Morgan fingerprint density at radius 1 is 1.44 bits per heavy atom. The highest BCUT2D eigenvalue weighted by molar-refractivity contribution is 7.89. The number of hydrogen-bond donors (Lipinski definition) is 1. The number of aliphatic hydroxyl groups excluding tert-OH is 1. The molecule has 0 atom stereocenters. The van der Waals surface area contributed by atoms with Crippen LogP contribution in [-0.4, -0.2) is 30.9 Å². The van der Waals surface area contributed by atoms with Gasteiger partial charge in [-0.15, -0.1) is 0 Å². The minimum Gasteiger partial charge on any atom is -0.392 e. The van der Waals surface area contributed by atoms with Gasteiger partial charge in [0.25, 0.3) is 0 Å². The molecular formula is C12H16ClNO3S. The van der Waals surface area contributed by atoms with Crippen molar-refractivity contribution in [2.75, 3.05) is 7.05 Å². The highest BCUT2D eigenvalue weighted by Gasteiger charge is 2.31. The summed E-state index contributed by atoms with van der Waals surface area (Å²) in [6.07, 6.45) is 2.91. The molecule has 0 heterocycles. The van der Waals surface area contributed by atoms with Gasteiger partial charge < -0.3 is 5.11 Å². The average Bonchev–Trinajstić information content (AvgIpc) is 2.26. The Hall–Kier alpha value is -0.620. The quantitative estimate of drug-likeness (QED) is 0.922.